The lowest BCUT2D eigenvalue weighted by Gasteiger charge is -2.36. The highest BCUT2D eigenvalue weighted by molar-refractivity contribution is 5.77. The van der Waals surface area contributed by atoms with Gasteiger partial charge in [-0.05, 0) is 38.1 Å². The van der Waals surface area contributed by atoms with E-state index in [1.807, 2.05) is 11.8 Å². The smallest absolute Gasteiger partial charge is 0.223 e. The molecule has 116 valence electrons. The van der Waals surface area contributed by atoms with Crippen molar-refractivity contribution in [1.29, 1.82) is 0 Å². The Morgan fingerprint density at radius 3 is 2.75 bits per heavy atom. The van der Waals surface area contributed by atoms with Crippen LogP contribution >= 0.6 is 0 Å². The second-order valence-electron chi connectivity index (χ2n) is 6.60. The van der Waals surface area contributed by atoms with Crippen LogP contribution in [0.2, 0.25) is 0 Å². The van der Waals surface area contributed by atoms with E-state index >= 15 is 0 Å². The molecule has 1 saturated heterocycles. The summed E-state index contributed by atoms with van der Waals surface area (Å²) in [5, 5.41) is 0. The molecule has 0 aromatic rings. The van der Waals surface area contributed by atoms with Crippen molar-refractivity contribution < 1.29 is 9.53 Å². The Kier molecular flexibility index (Phi) is 5.85. The molecule has 20 heavy (non-hydrogen) atoms. The standard InChI is InChI=1S/C16H30N2O2/c1-2-20-12-14-6-9-18(11-14)15(19)10-16(13-17)7-4-3-5-8-16/h14H,2-13,17H2,1H3. The molecular weight excluding hydrogens is 252 g/mol. The van der Waals surface area contributed by atoms with Crippen LogP contribution in [0.3, 0.4) is 0 Å². The predicted octanol–water partition coefficient (Wildman–Crippen LogP) is 2.17. The monoisotopic (exact) mass is 282 g/mol. The van der Waals surface area contributed by atoms with Crippen LogP contribution in [0.25, 0.3) is 0 Å². The Labute approximate surface area is 123 Å². The fourth-order valence-corrected chi connectivity index (χ4v) is 3.67. The first-order valence-corrected chi connectivity index (χ1v) is 8.25. The van der Waals surface area contributed by atoms with E-state index in [4.69, 9.17) is 10.5 Å². The van der Waals surface area contributed by atoms with E-state index in [9.17, 15) is 4.79 Å². The SMILES string of the molecule is CCOCC1CCN(C(=O)CC2(CN)CCCCC2)C1. The van der Waals surface area contributed by atoms with Gasteiger partial charge in [-0.1, -0.05) is 19.3 Å². The van der Waals surface area contributed by atoms with Crippen molar-refractivity contribution in [3.63, 3.8) is 0 Å². The number of carbonyl (C=O) groups is 1. The van der Waals surface area contributed by atoms with Crippen molar-refractivity contribution in [1.82, 2.24) is 4.90 Å². The van der Waals surface area contributed by atoms with Crippen molar-refractivity contribution in [2.24, 2.45) is 17.1 Å². The van der Waals surface area contributed by atoms with Gasteiger partial charge in [0.15, 0.2) is 0 Å². The zero-order valence-electron chi connectivity index (χ0n) is 12.9. The number of ether oxygens (including phenoxy) is 1. The fraction of sp³-hybridized carbons (Fsp3) is 0.938. The quantitative estimate of drug-likeness (QED) is 0.812. The molecule has 2 rings (SSSR count). The van der Waals surface area contributed by atoms with Gasteiger partial charge in [0.05, 0.1) is 6.61 Å². The van der Waals surface area contributed by atoms with Gasteiger partial charge in [-0.15, -0.1) is 0 Å². The van der Waals surface area contributed by atoms with Crippen LogP contribution in [0.4, 0.5) is 0 Å². The lowest BCUT2D eigenvalue weighted by atomic mass is 9.71. The molecule has 1 unspecified atom stereocenters. The van der Waals surface area contributed by atoms with Crippen LogP contribution in [0.15, 0.2) is 0 Å². The molecular formula is C16H30N2O2. The molecule has 1 aliphatic carbocycles. The summed E-state index contributed by atoms with van der Waals surface area (Å²) < 4.78 is 5.48. The van der Waals surface area contributed by atoms with Gasteiger partial charge < -0.3 is 15.4 Å². The first kappa shape index (κ1) is 15.8. The second kappa shape index (κ2) is 7.41. The first-order chi connectivity index (χ1) is 9.69. The average molecular weight is 282 g/mol. The maximum absolute atomic E-state index is 12.5. The third-order valence-corrected chi connectivity index (χ3v) is 5.07. The molecule has 0 spiro atoms. The third kappa shape index (κ3) is 3.95. The Bertz CT molecular complexity index is 314. The molecule has 2 aliphatic rings. The molecule has 0 bridgehead atoms. The van der Waals surface area contributed by atoms with Crippen molar-refractivity contribution in [2.45, 2.75) is 51.9 Å². The topological polar surface area (TPSA) is 55.6 Å². The van der Waals surface area contributed by atoms with Crippen LogP contribution in [-0.4, -0.2) is 43.7 Å². The summed E-state index contributed by atoms with van der Waals surface area (Å²) >= 11 is 0. The van der Waals surface area contributed by atoms with Crippen molar-refractivity contribution in [3.8, 4) is 0 Å². The van der Waals surface area contributed by atoms with Crippen LogP contribution in [-0.2, 0) is 9.53 Å². The molecule has 2 fully saturated rings. The lowest BCUT2D eigenvalue weighted by molar-refractivity contribution is -0.133. The number of rotatable bonds is 6. The highest BCUT2D eigenvalue weighted by atomic mass is 16.5. The van der Waals surface area contributed by atoms with E-state index in [1.54, 1.807) is 0 Å². The van der Waals surface area contributed by atoms with Gasteiger partial charge >= 0.3 is 0 Å². The fourth-order valence-electron chi connectivity index (χ4n) is 3.67. The van der Waals surface area contributed by atoms with E-state index in [-0.39, 0.29) is 5.41 Å². The molecule has 4 nitrogen and oxygen atoms in total. The van der Waals surface area contributed by atoms with Gasteiger partial charge in [0.2, 0.25) is 5.91 Å². The number of amides is 1. The summed E-state index contributed by atoms with van der Waals surface area (Å²) in [5.41, 5.74) is 6.08. The predicted molar refractivity (Wildman–Crippen MR) is 80.4 cm³/mol. The summed E-state index contributed by atoms with van der Waals surface area (Å²) in [4.78, 5) is 14.6. The zero-order chi connectivity index (χ0) is 14.4. The number of nitrogens with two attached hydrogens (primary N) is 1. The normalized spacial score (nSPS) is 25.9. The van der Waals surface area contributed by atoms with Gasteiger partial charge in [-0.25, -0.2) is 0 Å². The van der Waals surface area contributed by atoms with Crippen LogP contribution in [0.5, 0.6) is 0 Å². The Hall–Kier alpha value is -0.610. The van der Waals surface area contributed by atoms with Gasteiger partial charge in [0, 0.05) is 32.0 Å². The molecule has 0 aromatic carbocycles. The van der Waals surface area contributed by atoms with Gasteiger partial charge in [0.25, 0.3) is 0 Å². The van der Waals surface area contributed by atoms with Gasteiger partial charge in [0.1, 0.15) is 0 Å². The summed E-state index contributed by atoms with van der Waals surface area (Å²) in [6.45, 7) is 6.01. The van der Waals surface area contributed by atoms with Crippen LogP contribution < -0.4 is 5.73 Å². The Morgan fingerprint density at radius 1 is 1.35 bits per heavy atom. The number of hydrogen-bond donors (Lipinski definition) is 1. The highest BCUT2D eigenvalue weighted by Gasteiger charge is 2.36. The first-order valence-electron chi connectivity index (χ1n) is 8.25. The van der Waals surface area contributed by atoms with E-state index in [1.165, 1.54) is 19.3 Å². The third-order valence-electron chi connectivity index (χ3n) is 5.07. The van der Waals surface area contributed by atoms with Crippen LogP contribution in [0.1, 0.15) is 51.9 Å². The molecule has 1 aliphatic heterocycles. The van der Waals surface area contributed by atoms with Crippen molar-refractivity contribution in [3.05, 3.63) is 0 Å². The van der Waals surface area contributed by atoms with Gasteiger partial charge in [-0.3, -0.25) is 4.79 Å². The van der Waals surface area contributed by atoms with E-state index in [0.29, 0.717) is 24.8 Å². The van der Waals surface area contributed by atoms with Crippen LogP contribution in [0, 0.1) is 11.3 Å². The molecule has 4 heteroatoms. The molecule has 1 heterocycles. The zero-order valence-corrected chi connectivity index (χ0v) is 12.9. The van der Waals surface area contributed by atoms with E-state index in [2.05, 4.69) is 0 Å². The molecule has 0 aromatic heterocycles. The minimum absolute atomic E-state index is 0.0906. The largest absolute Gasteiger partial charge is 0.381 e. The number of hydrogen-bond acceptors (Lipinski definition) is 3. The summed E-state index contributed by atoms with van der Waals surface area (Å²) in [6, 6.07) is 0. The molecule has 0 radical (unpaired) electrons. The Morgan fingerprint density at radius 2 is 2.10 bits per heavy atom. The number of likely N-dealkylation sites (tertiary alicyclic amines) is 1. The maximum atomic E-state index is 12.5. The molecule has 1 atom stereocenters. The minimum Gasteiger partial charge on any atom is -0.381 e. The number of nitrogens with zero attached hydrogens (tertiary/aromatic N) is 1. The number of carbonyl (C=O) groups excluding carboxylic acids is 1. The second-order valence-corrected chi connectivity index (χ2v) is 6.60. The van der Waals surface area contributed by atoms with Crippen molar-refractivity contribution in [2.75, 3.05) is 32.8 Å². The highest BCUT2D eigenvalue weighted by Crippen LogP contribution is 2.39. The molecule has 2 N–H and O–H groups in total. The van der Waals surface area contributed by atoms with E-state index < -0.39 is 0 Å². The van der Waals surface area contributed by atoms with Crippen molar-refractivity contribution >= 4 is 5.91 Å². The Balaban J connectivity index is 1.82. The maximum Gasteiger partial charge on any atom is 0.223 e. The lowest BCUT2D eigenvalue weighted by Crippen LogP contribution is -2.40. The average Bonchev–Trinajstić information content (AvgIpc) is 2.95. The summed E-state index contributed by atoms with van der Waals surface area (Å²) in [5.74, 6) is 0.843. The van der Waals surface area contributed by atoms with E-state index in [0.717, 1.165) is 45.6 Å². The molecule has 1 saturated carbocycles. The minimum atomic E-state index is 0.0906. The summed E-state index contributed by atoms with van der Waals surface area (Å²) in [6.07, 6.45) is 7.77. The summed E-state index contributed by atoms with van der Waals surface area (Å²) in [7, 11) is 0. The van der Waals surface area contributed by atoms with Gasteiger partial charge in [-0.2, -0.15) is 0 Å². The molecule has 1 amide bonds.